The van der Waals surface area contributed by atoms with Crippen LogP contribution in [0.3, 0.4) is 0 Å². The van der Waals surface area contributed by atoms with Crippen LogP contribution in [0.2, 0.25) is 10.0 Å². The Morgan fingerprint density at radius 1 is 1.11 bits per heavy atom. The summed E-state index contributed by atoms with van der Waals surface area (Å²) in [6, 6.07) is 6.40. The lowest BCUT2D eigenvalue weighted by molar-refractivity contribution is -0.138. The zero-order chi connectivity index (χ0) is 20.9. The van der Waals surface area contributed by atoms with Gasteiger partial charge in [0.05, 0.1) is 22.0 Å². The molecule has 0 fully saturated rings. The fourth-order valence-electron chi connectivity index (χ4n) is 2.49. The highest BCUT2D eigenvalue weighted by atomic mass is 35.5. The molecular weight excluding hydrogens is 418 g/mol. The van der Waals surface area contributed by atoms with Gasteiger partial charge in [0, 0.05) is 12.2 Å². The number of ether oxygens (including phenoxy) is 1. The van der Waals surface area contributed by atoms with Crippen molar-refractivity contribution >= 4 is 34.9 Å². The van der Waals surface area contributed by atoms with E-state index in [9.17, 15) is 18.0 Å². The maximum atomic E-state index is 13.2. The van der Waals surface area contributed by atoms with Gasteiger partial charge in [-0.2, -0.15) is 13.2 Å². The predicted octanol–water partition coefficient (Wildman–Crippen LogP) is 6.04. The first-order chi connectivity index (χ1) is 13.1. The number of benzene rings is 2. The van der Waals surface area contributed by atoms with Crippen molar-refractivity contribution in [3.8, 4) is 5.75 Å². The molecule has 0 aliphatic rings. The Labute approximate surface area is 170 Å². The summed E-state index contributed by atoms with van der Waals surface area (Å²) in [4.78, 5) is 10.8. The van der Waals surface area contributed by atoms with Crippen molar-refractivity contribution in [2.75, 3.05) is 11.9 Å². The maximum absolute atomic E-state index is 13.2. The highest BCUT2D eigenvalue weighted by molar-refractivity contribution is 6.37. The fourth-order valence-corrected chi connectivity index (χ4v) is 3.13. The molecule has 4 nitrogen and oxygen atoms in total. The van der Waals surface area contributed by atoms with Crippen LogP contribution < -0.4 is 10.1 Å². The first-order valence-corrected chi connectivity index (χ1v) is 9.13. The third-order valence-electron chi connectivity index (χ3n) is 3.70. The van der Waals surface area contributed by atoms with Gasteiger partial charge in [0.1, 0.15) is 6.61 Å². The highest BCUT2D eigenvalue weighted by Gasteiger charge is 2.31. The van der Waals surface area contributed by atoms with Crippen molar-refractivity contribution in [3.63, 3.8) is 0 Å². The molecule has 28 heavy (non-hydrogen) atoms. The molecule has 9 heteroatoms. The Hall–Kier alpha value is -2.12. The number of carboxylic acid groups (broad SMARTS) is 1. The zero-order valence-corrected chi connectivity index (χ0v) is 16.4. The van der Waals surface area contributed by atoms with Crippen LogP contribution in [0.1, 0.15) is 30.0 Å². The Morgan fingerprint density at radius 3 is 2.29 bits per heavy atom. The average Bonchev–Trinajstić information content (AvgIpc) is 2.57. The summed E-state index contributed by atoms with van der Waals surface area (Å²) in [5.74, 6) is -0.963. The van der Waals surface area contributed by atoms with Gasteiger partial charge >= 0.3 is 12.1 Å². The third-order valence-corrected chi connectivity index (χ3v) is 4.26. The highest BCUT2D eigenvalue weighted by Crippen LogP contribution is 2.36. The first kappa shape index (κ1) is 22.2. The lowest BCUT2D eigenvalue weighted by Crippen LogP contribution is -2.09. The van der Waals surface area contributed by atoms with E-state index >= 15 is 0 Å². The minimum atomic E-state index is -4.49. The molecule has 2 aromatic rings. The molecule has 0 spiro atoms. The van der Waals surface area contributed by atoms with E-state index in [0.29, 0.717) is 17.8 Å². The van der Waals surface area contributed by atoms with Gasteiger partial charge in [-0.3, -0.25) is 4.79 Å². The van der Waals surface area contributed by atoms with Crippen LogP contribution >= 0.6 is 23.2 Å². The minimum Gasteiger partial charge on any atom is -0.486 e. The van der Waals surface area contributed by atoms with E-state index in [2.05, 4.69) is 5.32 Å². The van der Waals surface area contributed by atoms with Crippen molar-refractivity contribution in [2.24, 2.45) is 0 Å². The second-order valence-electron chi connectivity index (χ2n) is 6.09. The molecule has 0 aromatic heterocycles. The van der Waals surface area contributed by atoms with Gasteiger partial charge < -0.3 is 15.2 Å². The van der Waals surface area contributed by atoms with E-state index in [0.717, 1.165) is 18.6 Å². The summed E-state index contributed by atoms with van der Waals surface area (Å²) in [5.41, 5.74) is 0.223. The summed E-state index contributed by atoms with van der Waals surface area (Å²) in [5, 5.41) is 11.9. The number of aliphatic carboxylic acids is 1. The largest absolute Gasteiger partial charge is 0.486 e. The molecule has 0 unspecified atom stereocenters. The van der Waals surface area contributed by atoms with Gasteiger partial charge in [-0.25, -0.2) is 0 Å². The molecule has 0 radical (unpaired) electrons. The SMILES string of the molecule is CCCNc1cc(COc2c(Cl)cc(CC(=O)O)cc2Cl)cc(C(F)(F)F)c1. The van der Waals surface area contributed by atoms with Crippen LogP contribution in [-0.2, 0) is 24.0 Å². The maximum Gasteiger partial charge on any atom is 0.416 e. The Morgan fingerprint density at radius 2 is 1.75 bits per heavy atom. The van der Waals surface area contributed by atoms with Gasteiger partial charge in [-0.15, -0.1) is 0 Å². The quantitative estimate of drug-likeness (QED) is 0.530. The predicted molar refractivity (Wildman–Crippen MR) is 102 cm³/mol. The monoisotopic (exact) mass is 435 g/mol. The molecule has 0 saturated carbocycles. The summed E-state index contributed by atoms with van der Waals surface area (Å²) >= 11 is 12.2. The zero-order valence-electron chi connectivity index (χ0n) is 14.9. The number of hydrogen-bond acceptors (Lipinski definition) is 3. The van der Waals surface area contributed by atoms with Gasteiger partial charge in [-0.05, 0) is 47.9 Å². The molecule has 0 bridgehead atoms. The summed E-state index contributed by atoms with van der Waals surface area (Å²) in [6.45, 7) is 2.25. The normalized spacial score (nSPS) is 11.4. The fraction of sp³-hybridized carbons (Fsp3) is 0.316. The molecule has 2 N–H and O–H groups in total. The molecule has 152 valence electrons. The second kappa shape index (κ2) is 9.39. The standard InChI is InChI=1S/C19H18Cl2F3NO3/c1-2-3-25-14-5-12(4-13(9-14)19(22,23)24)10-28-18-15(20)6-11(7-16(18)21)8-17(26)27/h4-7,9,25H,2-3,8,10H2,1H3,(H,26,27). The van der Waals surface area contributed by atoms with Crippen molar-refractivity contribution in [1.82, 2.24) is 0 Å². The molecule has 2 aromatic carbocycles. The Kier molecular flexibility index (Phi) is 7.43. The number of nitrogens with one attached hydrogen (secondary N) is 1. The van der Waals surface area contributed by atoms with E-state index in [1.54, 1.807) is 6.07 Å². The molecule has 0 saturated heterocycles. The number of anilines is 1. The lowest BCUT2D eigenvalue weighted by Gasteiger charge is -2.15. The third kappa shape index (κ3) is 6.21. The van der Waals surface area contributed by atoms with Crippen molar-refractivity contribution in [1.29, 1.82) is 0 Å². The van der Waals surface area contributed by atoms with E-state index < -0.39 is 17.7 Å². The molecule has 2 rings (SSSR count). The minimum absolute atomic E-state index is 0.0814. The number of halogens is 5. The first-order valence-electron chi connectivity index (χ1n) is 8.37. The van der Waals surface area contributed by atoms with E-state index in [1.807, 2.05) is 6.92 Å². The Balaban J connectivity index is 2.24. The van der Waals surface area contributed by atoms with Crippen molar-refractivity contribution in [3.05, 3.63) is 57.1 Å². The van der Waals surface area contributed by atoms with Crippen molar-refractivity contribution < 1.29 is 27.8 Å². The lowest BCUT2D eigenvalue weighted by atomic mass is 10.1. The number of carbonyl (C=O) groups is 1. The van der Waals surface area contributed by atoms with E-state index in [-0.39, 0.29) is 34.4 Å². The van der Waals surface area contributed by atoms with Gasteiger partial charge in [0.25, 0.3) is 0 Å². The summed E-state index contributed by atoms with van der Waals surface area (Å²) in [6.07, 6.45) is -4.00. The molecule has 0 aliphatic carbocycles. The van der Waals surface area contributed by atoms with Crippen LogP contribution in [0.5, 0.6) is 5.75 Å². The number of carboxylic acids is 1. The van der Waals surface area contributed by atoms with Crippen LogP contribution in [0.4, 0.5) is 18.9 Å². The number of alkyl halides is 3. The molecule has 0 heterocycles. The molecule has 0 atom stereocenters. The van der Waals surface area contributed by atoms with Gasteiger partial charge in [0.15, 0.2) is 5.75 Å². The van der Waals surface area contributed by atoms with Crippen LogP contribution in [0.25, 0.3) is 0 Å². The van der Waals surface area contributed by atoms with Gasteiger partial charge in [0.2, 0.25) is 0 Å². The van der Waals surface area contributed by atoms with Crippen molar-refractivity contribution in [2.45, 2.75) is 32.5 Å². The molecule has 0 aliphatic heterocycles. The topological polar surface area (TPSA) is 58.6 Å². The summed E-state index contributed by atoms with van der Waals surface area (Å²) in [7, 11) is 0. The van der Waals surface area contributed by atoms with Gasteiger partial charge in [-0.1, -0.05) is 30.1 Å². The Bertz CT molecular complexity index is 834. The second-order valence-corrected chi connectivity index (χ2v) is 6.91. The smallest absolute Gasteiger partial charge is 0.416 e. The number of hydrogen-bond donors (Lipinski definition) is 2. The van der Waals surface area contributed by atoms with Crippen LogP contribution in [0, 0.1) is 0 Å². The van der Waals surface area contributed by atoms with E-state index in [1.165, 1.54) is 12.1 Å². The van der Waals surface area contributed by atoms with Crippen LogP contribution in [-0.4, -0.2) is 17.6 Å². The summed E-state index contributed by atoms with van der Waals surface area (Å²) < 4.78 is 45.0. The molecular formula is C19H18Cl2F3NO3. The average molecular weight is 436 g/mol. The number of rotatable bonds is 8. The van der Waals surface area contributed by atoms with Crippen LogP contribution in [0.15, 0.2) is 30.3 Å². The molecule has 0 amide bonds. The van der Waals surface area contributed by atoms with E-state index in [4.69, 9.17) is 33.0 Å².